The molecule has 0 radical (unpaired) electrons. The van der Waals surface area contributed by atoms with E-state index in [-0.39, 0.29) is 18.9 Å². The van der Waals surface area contributed by atoms with E-state index in [0.29, 0.717) is 0 Å². The average Bonchev–Trinajstić information content (AvgIpc) is 2.58. The summed E-state index contributed by atoms with van der Waals surface area (Å²) in [6.45, 7) is -0.545. The van der Waals surface area contributed by atoms with Gasteiger partial charge in [0.05, 0.1) is 13.0 Å². The highest BCUT2D eigenvalue weighted by Crippen LogP contribution is 2.19. The molecule has 0 heterocycles. The maximum Gasteiger partial charge on any atom is 0.310 e. The van der Waals surface area contributed by atoms with Gasteiger partial charge in [0.25, 0.3) is 5.91 Å². The number of nitrogens with one attached hydrogen (secondary N) is 2. The smallest absolute Gasteiger partial charge is 0.310 e. The minimum Gasteiger partial charge on any atom is -0.455 e. The largest absolute Gasteiger partial charge is 0.455 e. The van der Waals surface area contributed by atoms with Crippen LogP contribution in [0.5, 0.6) is 0 Å². The normalized spacial score (nSPS) is 10.1. The molecule has 2 aromatic rings. The van der Waals surface area contributed by atoms with E-state index in [1.807, 2.05) is 42.5 Å². The molecule has 6 nitrogen and oxygen atoms in total. The summed E-state index contributed by atoms with van der Waals surface area (Å²) >= 11 is 0. The summed E-state index contributed by atoms with van der Waals surface area (Å²) in [5, 5.41) is 6.75. The van der Waals surface area contributed by atoms with Gasteiger partial charge in [-0.25, -0.2) is 0 Å². The van der Waals surface area contributed by atoms with Gasteiger partial charge in [0, 0.05) is 7.05 Å². The van der Waals surface area contributed by atoms with E-state index in [0.717, 1.165) is 16.3 Å². The van der Waals surface area contributed by atoms with E-state index in [9.17, 15) is 14.4 Å². The predicted octanol–water partition coefficient (Wildman–Crippen LogP) is 0.788. The molecule has 0 aliphatic rings. The molecule has 0 aliphatic heterocycles. The molecule has 120 valence electrons. The molecule has 2 N–H and O–H groups in total. The summed E-state index contributed by atoms with van der Waals surface area (Å²) in [7, 11) is 1.47. The summed E-state index contributed by atoms with van der Waals surface area (Å²) in [6, 6.07) is 13.4. The first-order valence-corrected chi connectivity index (χ1v) is 7.19. The molecule has 23 heavy (non-hydrogen) atoms. The molecule has 0 saturated carbocycles. The zero-order valence-corrected chi connectivity index (χ0v) is 12.8. The van der Waals surface area contributed by atoms with Crippen molar-refractivity contribution in [2.45, 2.75) is 6.42 Å². The first-order chi connectivity index (χ1) is 11.1. The molecule has 0 bridgehead atoms. The first-order valence-electron chi connectivity index (χ1n) is 7.19. The number of benzene rings is 2. The van der Waals surface area contributed by atoms with E-state index in [1.54, 1.807) is 0 Å². The minimum atomic E-state index is -0.514. The summed E-state index contributed by atoms with van der Waals surface area (Å²) < 4.78 is 4.94. The second kappa shape index (κ2) is 7.93. The molecule has 2 aromatic carbocycles. The van der Waals surface area contributed by atoms with Crippen LogP contribution in [0.1, 0.15) is 5.56 Å². The number of rotatable bonds is 6. The molecule has 0 spiro atoms. The second-order valence-corrected chi connectivity index (χ2v) is 4.93. The molecule has 0 aliphatic carbocycles. The van der Waals surface area contributed by atoms with Crippen molar-refractivity contribution in [2.75, 3.05) is 20.2 Å². The number of fused-ring (bicyclic) bond motifs is 1. The zero-order chi connectivity index (χ0) is 16.7. The maximum atomic E-state index is 11.9. The molecule has 2 rings (SSSR count). The summed E-state index contributed by atoms with van der Waals surface area (Å²) in [6.07, 6.45) is 0.0874. The van der Waals surface area contributed by atoms with Crippen LogP contribution in [-0.4, -0.2) is 38.0 Å². The first kappa shape index (κ1) is 16.5. The van der Waals surface area contributed by atoms with Crippen LogP contribution in [-0.2, 0) is 25.5 Å². The summed E-state index contributed by atoms with van der Waals surface area (Å²) in [5.74, 6) is -1.32. The third-order valence-corrected chi connectivity index (χ3v) is 3.30. The van der Waals surface area contributed by atoms with Crippen molar-refractivity contribution < 1.29 is 19.1 Å². The van der Waals surface area contributed by atoms with Crippen molar-refractivity contribution in [2.24, 2.45) is 0 Å². The van der Waals surface area contributed by atoms with Gasteiger partial charge in [-0.05, 0) is 16.3 Å². The Hall–Kier alpha value is -2.89. The lowest BCUT2D eigenvalue weighted by Gasteiger charge is -2.08. The molecule has 6 heteroatoms. The quantitative estimate of drug-likeness (QED) is 0.772. The highest BCUT2D eigenvalue weighted by atomic mass is 16.5. The molecule has 0 saturated heterocycles. The van der Waals surface area contributed by atoms with Gasteiger partial charge < -0.3 is 15.4 Å². The van der Waals surface area contributed by atoms with Crippen molar-refractivity contribution in [3.63, 3.8) is 0 Å². The predicted molar refractivity (Wildman–Crippen MR) is 85.7 cm³/mol. The lowest BCUT2D eigenvalue weighted by Crippen LogP contribution is -2.37. The molecule has 0 aromatic heterocycles. The fraction of sp³-hybridized carbons (Fsp3) is 0.235. The van der Waals surface area contributed by atoms with Crippen LogP contribution in [0.15, 0.2) is 42.5 Å². The van der Waals surface area contributed by atoms with Crippen LogP contribution in [0.4, 0.5) is 0 Å². The lowest BCUT2D eigenvalue weighted by atomic mass is 10.0. The minimum absolute atomic E-state index is 0.0874. The number of ether oxygens (including phenoxy) is 1. The lowest BCUT2D eigenvalue weighted by molar-refractivity contribution is -0.147. The van der Waals surface area contributed by atoms with Gasteiger partial charge in [-0.2, -0.15) is 0 Å². The number of hydrogen-bond acceptors (Lipinski definition) is 4. The van der Waals surface area contributed by atoms with Crippen LogP contribution < -0.4 is 10.6 Å². The van der Waals surface area contributed by atoms with Crippen LogP contribution in [0.2, 0.25) is 0 Å². The number of amides is 2. The molecular formula is C17H18N2O4. The van der Waals surface area contributed by atoms with Gasteiger partial charge in [0.2, 0.25) is 5.91 Å². The van der Waals surface area contributed by atoms with E-state index in [4.69, 9.17) is 4.74 Å². The van der Waals surface area contributed by atoms with Crippen molar-refractivity contribution in [3.8, 4) is 0 Å². The standard InChI is InChI=1S/C17H18N2O4/c1-18-15(20)10-19-16(21)11-23-17(22)9-13-7-4-6-12-5-2-3-8-14(12)13/h2-8H,9-11H2,1H3,(H,18,20)(H,19,21). The van der Waals surface area contributed by atoms with Crippen LogP contribution in [0.25, 0.3) is 10.8 Å². The molecule has 0 atom stereocenters. The third kappa shape index (κ3) is 4.81. The Balaban J connectivity index is 1.87. The van der Waals surface area contributed by atoms with Crippen molar-refractivity contribution in [3.05, 3.63) is 48.0 Å². The van der Waals surface area contributed by atoms with E-state index in [2.05, 4.69) is 10.6 Å². The van der Waals surface area contributed by atoms with Crippen LogP contribution in [0.3, 0.4) is 0 Å². The van der Waals surface area contributed by atoms with Crippen molar-refractivity contribution >= 4 is 28.6 Å². The van der Waals surface area contributed by atoms with Gasteiger partial charge >= 0.3 is 5.97 Å². The fourth-order valence-corrected chi connectivity index (χ4v) is 2.12. The third-order valence-electron chi connectivity index (χ3n) is 3.30. The van der Waals surface area contributed by atoms with Crippen molar-refractivity contribution in [1.29, 1.82) is 0 Å². The van der Waals surface area contributed by atoms with Gasteiger partial charge in [0.1, 0.15) is 0 Å². The van der Waals surface area contributed by atoms with Crippen LogP contribution in [0, 0.1) is 0 Å². The Labute approximate surface area is 133 Å². The Morgan fingerprint density at radius 3 is 2.52 bits per heavy atom. The molecule has 0 unspecified atom stereocenters. The van der Waals surface area contributed by atoms with Gasteiger partial charge in [-0.1, -0.05) is 42.5 Å². The van der Waals surface area contributed by atoms with Gasteiger partial charge in [0.15, 0.2) is 6.61 Å². The Morgan fingerprint density at radius 1 is 1.00 bits per heavy atom. The van der Waals surface area contributed by atoms with E-state index >= 15 is 0 Å². The number of carbonyl (C=O) groups excluding carboxylic acids is 3. The van der Waals surface area contributed by atoms with Gasteiger partial charge in [-0.3, -0.25) is 14.4 Å². The highest BCUT2D eigenvalue weighted by molar-refractivity contribution is 5.90. The number of hydrogen-bond donors (Lipinski definition) is 2. The SMILES string of the molecule is CNC(=O)CNC(=O)COC(=O)Cc1cccc2ccccc12. The average molecular weight is 314 g/mol. The van der Waals surface area contributed by atoms with Crippen molar-refractivity contribution in [1.82, 2.24) is 10.6 Å². The number of carbonyl (C=O) groups is 3. The maximum absolute atomic E-state index is 11.9. The Kier molecular flexibility index (Phi) is 5.68. The summed E-state index contributed by atoms with van der Waals surface area (Å²) in [4.78, 5) is 34.3. The Bertz CT molecular complexity index is 722. The van der Waals surface area contributed by atoms with E-state index in [1.165, 1.54) is 7.05 Å². The molecule has 2 amide bonds. The van der Waals surface area contributed by atoms with Gasteiger partial charge in [-0.15, -0.1) is 0 Å². The zero-order valence-electron chi connectivity index (χ0n) is 12.8. The highest BCUT2D eigenvalue weighted by Gasteiger charge is 2.11. The topological polar surface area (TPSA) is 84.5 Å². The van der Waals surface area contributed by atoms with E-state index < -0.39 is 18.5 Å². The number of esters is 1. The number of likely N-dealkylation sites (N-methyl/N-ethyl adjacent to an activating group) is 1. The summed E-state index contributed by atoms with van der Waals surface area (Å²) in [5.41, 5.74) is 0.846. The second-order valence-electron chi connectivity index (χ2n) is 4.93. The Morgan fingerprint density at radius 2 is 1.74 bits per heavy atom. The monoisotopic (exact) mass is 314 g/mol. The fourth-order valence-electron chi connectivity index (χ4n) is 2.12. The molecule has 0 fully saturated rings. The molecular weight excluding hydrogens is 296 g/mol. The van der Waals surface area contributed by atoms with Crippen LogP contribution >= 0.6 is 0 Å².